The summed E-state index contributed by atoms with van der Waals surface area (Å²) in [5.74, 6) is -2.97. The van der Waals surface area contributed by atoms with E-state index >= 15 is 0 Å². The van der Waals surface area contributed by atoms with E-state index in [0.29, 0.717) is 12.8 Å². The van der Waals surface area contributed by atoms with Crippen LogP contribution in [0.25, 0.3) is 0 Å². The molecule has 1 aliphatic heterocycles. The van der Waals surface area contributed by atoms with Gasteiger partial charge in [-0.15, -0.1) is 6.58 Å². The summed E-state index contributed by atoms with van der Waals surface area (Å²) in [6, 6.07) is -2.97. The van der Waals surface area contributed by atoms with Crippen LogP contribution in [-0.4, -0.2) is 64.8 Å². The fraction of sp³-hybridized carbons (Fsp3) is 0.750. The van der Waals surface area contributed by atoms with Crippen LogP contribution in [0, 0.1) is 22.7 Å². The smallest absolute Gasteiger partial charge is 0.408 e. The molecule has 0 aromatic rings. The lowest BCUT2D eigenvalue weighted by molar-refractivity contribution is -0.145. The fourth-order valence-electron chi connectivity index (χ4n) is 4.88. The normalized spacial score (nSPS) is 21.7. The highest BCUT2D eigenvalue weighted by Gasteiger charge is 2.50. The second-order valence-corrected chi connectivity index (χ2v) is 13.3. The minimum Gasteiger partial charge on any atom is -0.444 e. The van der Waals surface area contributed by atoms with Crippen molar-refractivity contribution >= 4 is 29.6 Å². The molecule has 0 aromatic carbocycles. The molecule has 10 heteroatoms. The van der Waals surface area contributed by atoms with Gasteiger partial charge in [0.2, 0.25) is 17.6 Å². The monoisotopic (exact) mass is 534 g/mol. The van der Waals surface area contributed by atoms with Crippen molar-refractivity contribution in [2.45, 2.75) is 105 Å². The highest BCUT2D eigenvalue weighted by Crippen LogP contribution is 2.41. The van der Waals surface area contributed by atoms with Gasteiger partial charge >= 0.3 is 6.09 Å². The number of rotatable bonds is 10. The summed E-state index contributed by atoms with van der Waals surface area (Å²) in [5.41, 5.74) is 3.29. The molecule has 0 aromatic heterocycles. The predicted octanol–water partition coefficient (Wildman–Crippen LogP) is 2.69. The maximum atomic E-state index is 14.0. The van der Waals surface area contributed by atoms with Crippen molar-refractivity contribution in [3.63, 3.8) is 0 Å². The van der Waals surface area contributed by atoms with E-state index in [2.05, 4.69) is 17.2 Å². The Morgan fingerprint density at radius 1 is 1.00 bits per heavy atom. The van der Waals surface area contributed by atoms with Crippen molar-refractivity contribution < 1.29 is 28.7 Å². The first kappa shape index (κ1) is 31.3. The Morgan fingerprint density at radius 2 is 1.58 bits per heavy atom. The van der Waals surface area contributed by atoms with Gasteiger partial charge in [0.25, 0.3) is 5.91 Å². The lowest BCUT2D eigenvalue weighted by Gasteiger charge is -2.39. The van der Waals surface area contributed by atoms with Crippen LogP contribution in [0.4, 0.5) is 4.79 Å². The molecule has 4 unspecified atom stereocenters. The Kier molecular flexibility index (Phi) is 9.44. The molecular weight excluding hydrogens is 488 g/mol. The molecule has 2 fully saturated rings. The van der Waals surface area contributed by atoms with E-state index in [4.69, 9.17) is 10.5 Å². The average Bonchev–Trinajstić information content (AvgIpc) is 3.46. The molecule has 2 aliphatic rings. The molecular formula is C28H46N4O6. The van der Waals surface area contributed by atoms with E-state index in [9.17, 15) is 24.0 Å². The third-order valence-corrected chi connectivity index (χ3v) is 7.35. The van der Waals surface area contributed by atoms with Gasteiger partial charge in [0.15, 0.2) is 0 Å². The number of carbonyl (C=O) groups is 5. The Hall–Kier alpha value is -2.91. The average molecular weight is 535 g/mol. The Balaban J connectivity index is 2.41. The summed E-state index contributed by atoms with van der Waals surface area (Å²) >= 11 is 0. The van der Waals surface area contributed by atoms with Crippen LogP contribution in [0.2, 0.25) is 0 Å². The fourth-order valence-corrected chi connectivity index (χ4v) is 4.88. The third kappa shape index (κ3) is 8.04. The molecule has 2 rings (SSSR count). The summed E-state index contributed by atoms with van der Waals surface area (Å²) in [6.45, 7) is 18.7. The molecule has 1 aliphatic carbocycles. The van der Waals surface area contributed by atoms with Crippen molar-refractivity contribution in [2.75, 3.05) is 6.54 Å². The van der Waals surface area contributed by atoms with E-state index < -0.39 is 64.2 Å². The van der Waals surface area contributed by atoms with Crippen LogP contribution in [0.3, 0.4) is 0 Å². The number of nitrogens with zero attached hydrogens (tertiary/aromatic N) is 1. The second kappa shape index (κ2) is 11.5. The number of allylic oxidation sites excluding steroid dienone is 1. The highest BCUT2D eigenvalue weighted by molar-refractivity contribution is 6.37. The molecule has 1 saturated heterocycles. The molecule has 38 heavy (non-hydrogen) atoms. The van der Waals surface area contributed by atoms with Crippen molar-refractivity contribution in [1.82, 2.24) is 15.5 Å². The standard InChI is InChI=1S/C28H46N4O6/c1-10-28(8,9)17-13-14-32(24(36)21(26(2,3)4)31-25(37)38-27(5,6)7)19(17)23(35)30-18(15-16-11-12-16)20(33)22(29)34/h10,16-19,21H,1,11-15H2,2-9H3,(H2,29,34)(H,30,35)(H,31,37). The van der Waals surface area contributed by atoms with Gasteiger partial charge in [-0.1, -0.05) is 53.5 Å². The topological polar surface area (TPSA) is 148 Å². The zero-order valence-electron chi connectivity index (χ0n) is 24.2. The van der Waals surface area contributed by atoms with Crippen LogP contribution in [0.15, 0.2) is 12.7 Å². The van der Waals surface area contributed by atoms with Crippen molar-refractivity contribution in [3.05, 3.63) is 12.7 Å². The van der Waals surface area contributed by atoms with E-state index in [0.717, 1.165) is 12.8 Å². The zero-order chi connectivity index (χ0) is 29.2. The summed E-state index contributed by atoms with van der Waals surface area (Å²) in [4.78, 5) is 66.1. The lowest BCUT2D eigenvalue weighted by Crippen LogP contribution is -2.60. The molecule has 10 nitrogen and oxygen atoms in total. The van der Waals surface area contributed by atoms with Gasteiger partial charge in [0.1, 0.15) is 17.7 Å². The van der Waals surface area contributed by atoms with Crippen molar-refractivity contribution in [3.8, 4) is 0 Å². The molecule has 0 bridgehead atoms. The van der Waals surface area contributed by atoms with Crippen LogP contribution in [0.5, 0.6) is 0 Å². The number of primary amides is 1. The Labute approximate surface area is 226 Å². The Morgan fingerprint density at radius 3 is 2.03 bits per heavy atom. The quantitative estimate of drug-likeness (QED) is 0.290. The minimum absolute atomic E-state index is 0.244. The van der Waals surface area contributed by atoms with Crippen LogP contribution >= 0.6 is 0 Å². The maximum Gasteiger partial charge on any atom is 0.408 e. The second-order valence-electron chi connectivity index (χ2n) is 13.3. The molecule has 4 amide bonds. The summed E-state index contributed by atoms with van der Waals surface area (Å²) in [5, 5.41) is 5.45. The van der Waals surface area contributed by atoms with E-state index in [-0.39, 0.29) is 18.4 Å². The Bertz CT molecular complexity index is 957. The number of ketones is 1. The van der Waals surface area contributed by atoms with E-state index in [1.54, 1.807) is 26.8 Å². The van der Waals surface area contributed by atoms with Crippen LogP contribution in [-0.2, 0) is 23.9 Å². The van der Waals surface area contributed by atoms with Gasteiger partial charge in [-0.05, 0) is 56.3 Å². The maximum absolute atomic E-state index is 14.0. The van der Waals surface area contributed by atoms with Gasteiger partial charge in [-0.25, -0.2) is 4.79 Å². The predicted molar refractivity (Wildman–Crippen MR) is 144 cm³/mol. The number of nitrogens with two attached hydrogens (primary N) is 1. The number of hydrogen-bond donors (Lipinski definition) is 3. The number of carbonyl (C=O) groups excluding carboxylic acids is 5. The van der Waals surface area contributed by atoms with Gasteiger partial charge in [0.05, 0.1) is 6.04 Å². The first-order valence-corrected chi connectivity index (χ1v) is 13.4. The van der Waals surface area contributed by atoms with E-state index in [1.807, 2.05) is 34.6 Å². The first-order chi connectivity index (χ1) is 17.3. The number of Topliss-reactive ketones (excluding diaryl/α,β-unsaturated/α-hetero) is 1. The summed E-state index contributed by atoms with van der Waals surface area (Å²) in [6.07, 6.45) is 3.70. The van der Waals surface area contributed by atoms with Crippen molar-refractivity contribution in [1.29, 1.82) is 0 Å². The molecule has 1 heterocycles. The summed E-state index contributed by atoms with van der Waals surface area (Å²) < 4.78 is 5.39. The molecule has 4 atom stereocenters. The number of amides is 4. The third-order valence-electron chi connectivity index (χ3n) is 7.35. The number of nitrogens with one attached hydrogen (secondary N) is 2. The van der Waals surface area contributed by atoms with Gasteiger partial charge < -0.3 is 26.0 Å². The highest BCUT2D eigenvalue weighted by atomic mass is 16.6. The van der Waals surface area contributed by atoms with Crippen molar-refractivity contribution in [2.24, 2.45) is 28.4 Å². The van der Waals surface area contributed by atoms with Gasteiger partial charge in [-0.2, -0.15) is 0 Å². The largest absolute Gasteiger partial charge is 0.444 e. The first-order valence-electron chi connectivity index (χ1n) is 13.4. The number of likely N-dealkylation sites (tertiary alicyclic amines) is 1. The number of ether oxygens (including phenoxy) is 1. The van der Waals surface area contributed by atoms with Crippen LogP contribution < -0.4 is 16.4 Å². The minimum atomic E-state index is -1.10. The van der Waals surface area contributed by atoms with Gasteiger partial charge in [-0.3, -0.25) is 19.2 Å². The summed E-state index contributed by atoms with van der Waals surface area (Å²) in [7, 11) is 0. The molecule has 4 N–H and O–H groups in total. The molecule has 214 valence electrons. The SMILES string of the molecule is C=CC(C)(C)C1CCN(C(=O)C(NC(=O)OC(C)(C)C)C(C)(C)C)C1C(=O)NC(CC1CC1)C(=O)C(N)=O. The van der Waals surface area contributed by atoms with Gasteiger partial charge in [0, 0.05) is 6.54 Å². The zero-order valence-corrected chi connectivity index (χ0v) is 24.2. The molecule has 0 radical (unpaired) electrons. The number of hydrogen-bond acceptors (Lipinski definition) is 6. The lowest BCUT2D eigenvalue weighted by atomic mass is 9.74. The number of alkyl carbamates (subject to hydrolysis) is 1. The van der Waals surface area contributed by atoms with E-state index in [1.165, 1.54) is 4.90 Å². The molecule has 0 spiro atoms. The van der Waals surface area contributed by atoms with Crippen LogP contribution in [0.1, 0.15) is 81.1 Å². The molecule has 1 saturated carbocycles.